The Morgan fingerprint density at radius 1 is 0.338 bits per heavy atom. The lowest BCUT2D eigenvalue weighted by Crippen LogP contribution is -2.63. The molecule has 70 heteroatoms. The first-order chi connectivity index (χ1) is 59.2. The Morgan fingerprint density at radius 2 is 0.624 bits per heavy atom. The van der Waals surface area contributed by atoms with Crippen molar-refractivity contribution in [1.82, 2.24) is 0 Å². The van der Waals surface area contributed by atoms with Gasteiger partial charge in [0.15, 0.2) is 0 Å². The minimum atomic E-state index is -6.55. The maximum absolute atomic E-state index is 13.7. The van der Waals surface area contributed by atoms with Crippen molar-refractivity contribution >= 4 is 139 Å². The summed E-state index contributed by atoms with van der Waals surface area (Å²) in [7, 11) is 4.21. The molecule has 0 saturated carbocycles. The van der Waals surface area contributed by atoms with Gasteiger partial charge in [0.1, 0.15) is 11.6 Å². The fourth-order valence-electron chi connectivity index (χ4n) is 9.97. The van der Waals surface area contributed by atoms with Crippen LogP contribution in [0.4, 0.5) is 147 Å². The number of halogens is 31. The second-order valence-corrected chi connectivity index (χ2v) is 33.0. The van der Waals surface area contributed by atoms with E-state index in [2.05, 4.69) is 23.7 Å². The van der Waals surface area contributed by atoms with Gasteiger partial charge < -0.3 is 62.2 Å². The van der Waals surface area contributed by atoms with Crippen molar-refractivity contribution in [2.24, 2.45) is 0 Å². The Balaban J connectivity index is 0.000000831. The van der Waals surface area contributed by atoms with E-state index in [9.17, 15) is 230 Å². The van der Waals surface area contributed by atoms with E-state index in [4.69, 9.17) is 52.8 Å². The van der Waals surface area contributed by atoms with Gasteiger partial charge in [-0.3, -0.25) is 0 Å². The van der Waals surface area contributed by atoms with Gasteiger partial charge in [-0.25, -0.2) is 70.5 Å². The maximum atomic E-state index is 13.7. The fourth-order valence-corrected chi connectivity index (χ4v) is 14.4. The van der Waals surface area contributed by atoms with Crippen LogP contribution in [-0.4, -0.2) is 280 Å². The Bertz CT molecular complexity index is 5510. The zero-order valence-electron chi connectivity index (χ0n) is 64.8. The molecule has 5 rings (SSSR count). The summed E-state index contributed by atoms with van der Waals surface area (Å²) in [4.78, 5) is 61.1. The summed E-state index contributed by atoms with van der Waals surface area (Å²) >= 11 is 0. The third-order valence-electron chi connectivity index (χ3n) is 16.4. The molecule has 0 fully saturated rings. The average Bonchev–Trinajstić information content (AvgIpc) is 0.782. The van der Waals surface area contributed by atoms with Crippen LogP contribution in [0.2, 0.25) is 0 Å². The van der Waals surface area contributed by atoms with Gasteiger partial charge in [-0.2, -0.15) is 132 Å². The normalized spacial score (nSPS) is 13.5. The molecular weight excluding hydrogens is 2010 g/mol. The summed E-state index contributed by atoms with van der Waals surface area (Å²) < 4.78 is 584. The van der Waals surface area contributed by atoms with Crippen molar-refractivity contribution in [2.45, 2.75) is 128 Å². The van der Waals surface area contributed by atoms with E-state index in [0.717, 1.165) is 54.6 Å². The molecule has 5 aromatic carbocycles. The number of nitrogen functional groups attached to an aromatic ring is 1. The molecule has 0 aromatic heterocycles. The molecule has 0 aliphatic carbocycles. The predicted octanol–water partition coefficient (Wildman–Crippen LogP) is 8.76. The number of aromatic hydroxyl groups is 1. The van der Waals surface area contributed by atoms with Crippen LogP contribution in [0.1, 0.15) is 85.2 Å². The molecule has 5 aromatic rings. The Morgan fingerprint density at radius 3 is 0.910 bits per heavy atom. The Kier molecular flexibility index (Phi) is 39.6. The zero-order chi connectivity index (χ0) is 105. The van der Waals surface area contributed by atoms with Crippen LogP contribution in [-0.2, 0) is 112 Å². The highest BCUT2D eigenvalue weighted by molar-refractivity contribution is 7.86. The van der Waals surface area contributed by atoms with Gasteiger partial charge in [-0.15, -0.1) is 0 Å². The van der Waals surface area contributed by atoms with Crippen LogP contribution >= 0.6 is 0 Å². The second-order valence-electron chi connectivity index (χ2n) is 26.0. The number of hydrogen-bond acceptors (Lipinski definition) is 28. The second kappa shape index (κ2) is 43.3. The van der Waals surface area contributed by atoms with E-state index < -0.39 is 262 Å². The quantitative estimate of drug-likeness (QED) is 0.0124. The van der Waals surface area contributed by atoms with E-state index in [-0.39, 0.29) is 53.1 Å². The lowest BCUT2D eigenvalue weighted by molar-refractivity contribution is -0.357. The standard InChI is InChI=1S/C14H14BF6NO5S.C13H10B2F6O5S.C12H8BF7O5S.C12H10BF6NO5S.C12H9BF6O6S/c1-22(2)10-4-3-8(5-9(10)6-15)11(23)27-12(13(16,17)18,14(19,20)21)7-28(24,25)26;14-4-7-2-1-3-8(9(7)5-15)10(22)26-11(12(16,17)18,13(19,20)21)6-27(23,24)25;13-4-6-2-1-3-7(14)8(6)9(21)25-10(11(15,16)17,12(18,19)20)5-26(22,23)24;13-4-6-1-2-8(20)7(3-6)9(21)25-10(11(14,15)16,12(17,18)19)5-26(22,23)24;13-4-7-2-1-6(3-8(7)20)9(21)25-10(11(14,15)16,12(17,18)19)5-26(22,23)24/h3-5H,6-7H2,1-2H3,(H,24,25,26);1-3H,4-6H2,(H,23,24,25);1-3H,4-5H2,(H,22,23,24);1-3H,4-5,20H2,(H,22,23,24);1-3,20H,4-5H2,(H,22,23,24)/p-5. The molecule has 0 aliphatic heterocycles. The summed E-state index contributed by atoms with van der Waals surface area (Å²) in [5.74, 6) is -29.0. The van der Waals surface area contributed by atoms with Gasteiger partial charge in [-0.05, 0) is 76.9 Å². The number of hydrogen-bond donors (Lipinski definition) is 2. The summed E-state index contributed by atoms with van der Waals surface area (Å²) in [6, 6.07) is 13.8. The number of rotatable bonds is 27. The van der Waals surface area contributed by atoms with Gasteiger partial charge in [0.2, 0.25) is 0 Å². The molecule has 133 heavy (non-hydrogen) atoms. The van der Waals surface area contributed by atoms with Crippen molar-refractivity contribution in [2.75, 3.05) is 53.5 Å². The fraction of sp³-hybridized carbons (Fsp3) is 0.444. The number of alkyl halides is 30. The molecule has 3 N–H and O–H groups in total. The van der Waals surface area contributed by atoms with E-state index in [1.54, 1.807) is 14.1 Å². The molecular formula is C63H46B6F31N2O26S5-5. The highest BCUT2D eigenvalue weighted by Crippen LogP contribution is 2.53. The van der Waals surface area contributed by atoms with Gasteiger partial charge in [0.05, 0.1) is 154 Å². The van der Waals surface area contributed by atoms with Crippen LogP contribution in [0.5, 0.6) is 5.75 Å². The molecule has 0 aliphatic rings. The lowest BCUT2D eigenvalue weighted by Gasteiger charge is -2.37. The van der Waals surface area contributed by atoms with Crippen LogP contribution < -0.4 is 10.6 Å². The highest BCUT2D eigenvalue weighted by Gasteiger charge is 2.80. The number of carbonyl (C=O) groups is 5. The van der Waals surface area contributed by atoms with Crippen molar-refractivity contribution in [1.29, 1.82) is 0 Å². The highest BCUT2D eigenvalue weighted by atomic mass is 32.2. The topological polar surface area (TPSA) is 467 Å². The number of nitrogens with two attached hydrogens (primary N) is 1. The lowest BCUT2D eigenvalue weighted by atomic mass is 9.84. The molecule has 0 bridgehead atoms. The molecule has 0 unspecified atom stereocenters. The minimum Gasteiger partial charge on any atom is -0.748 e. The molecule has 734 valence electrons. The van der Waals surface area contributed by atoms with Crippen LogP contribution in [0, 0.1) is 5.82 Å². The van der Waals surface area contributed by atoms with Crippen LogP contribution in [0.25, 0.3) is 0 Å². The van der Waals surface area contributed by atoms with Crippen LogP contribution in [0.3, 0.4) is 0 Å². The van der Waals surface area contributed by atoms with Crippen molar-refractivity contribution in [3.63, 3.8) is 0 Å². The number of nitrogens with zero attached hydrogens (tertiary/aromatic N) is 1. The van der Waals surface area contributed by atoms with E-state index >= 15 is 0 Å². The molecule has 0 atom stereocenters. The number of ether oxygens (including phenoxy) is 5. The number of carbonyl (C=O) groups excluding carboxylic acids is 5. The van der Waals surface area contributed by atoms with E-state index in [1.807, 2.05) is 0 Å². The SMILES string of the molecule is [B]Cc1cc(C(=O)OC(CS(=O)(=O)[O-])(C(F)(F)F)C(F)(F)F)ccc1N(C)C.[B]Cc1ccc(C(=O)OC(CS(=O)(=O)[O-])(C(F)(F)F)C(F)(F)F)cc1O.[B]Cc1ccc(N)c(C(=O)OC(CS(=O)(=O)[O-])(C(F)(F)F)C(F)(F)F)c1.[B]Cc1cccc(C(=O)OC(CS(=O)(=O)[O-])(C(F)(F)F)C(F)(F)F)c1C[B].[B]Cc1cccc(F)c1C(=O)OC(CS(=O)(=O)[O-])(C(F)(F)F)C(F)(F)F. The molecule has 0 spiro atoms. The van der Waals surface area contributed by atoms with E-state index in [0.29, 0.717) is 23.9 Å². The number of phenols is 1. The van der Waals surface area contributed by atoms with E-state index in [1.165, 1.54) is 23.1 Å². The molecule has 12 radical (unpaired) electrons. The minimum absolute atomic E-state index is 0.0154. The molecule has 0 saturated heterocycles. The largest absolute Gasteiger partial charge is 0.748 e. The van der Waals surface area contributed by atoms with Crippen LogP contribution in [0.15, 0.2) is 91.0 Å². The van der Waals surface area contributed by atoms with Gasteiger partial charge in [0, 0.05) is 25.5 Å². The first-order valence-electron chi connectivity index (χ1n) is 33.3. The number of anilines is 2. The zero-order valence-corrected chi connectivity index (χ0v) is 68.9. The smallest absolute Gasteiger partial charge is 0.438 e. The molecule has 0 amide bonds. The summed E-state index contributed by atoms with van der Waals surface area (Å²) in [5.41, 5.74) is -27.7. The Hall–Kier alpha value is -9.38. The first kappa shape index (κ1) is 122. The number of esters is 5. The third-order valence-corrected chi connectivity index (χ3v) is 20.2. The third kappa shape index (κ3) is 31.3. The predicted molar refractivity (Wildman–Crippen MR) is 383 cm³/mol. The first-order valence-corrected chi connectivity index (χ1v) is 41.2. The molecule has 0 heterocycles. The average molecular weight is 2060 g/mol. The van der Waals surface area contributed by atoms with Gasteiger partial charge in [-0.1, -0.05) is 85.4 Å². The maximum Gasteiger partial charge on any atom is 0.438 e. The summed E-state index contributed by atoms with van der Waals surface area (Å²) in [6.45, 7) is 0. The monoisotopic (exact) mass is 2060 g/mol. The van der Waals surface area contributed by atoms with Crippen molar-refractivity contribution in [3.05, 3.63) is 158 Å². The Labute approximate surface area is 734 Å². The van der Waals surface area contributed by atoms with Crippen molar-refractivity contribution in [3.8, 4) is 5.75 Å². The number of phenolic OH excluding ortho intramolecular Hbond substituents is 1. The van der Waals surface area contributed by atoms with Gasteiger partial charge in [0.25, 0.3) is 0 Å². The number of benzene rings is 5. The van der Waals surface area contributed by atoms with Crippen molar-refractivity contribution < 1.29 is 254 Å². The van der Waals surface area contributed by atoms with Gasteiger partial charge >= 0.3 is 120 Å². The molecule has 28 nitrogen and oxygen atoms in total. The summed E-state index contributed by atoms with van der Waals surface area (Å²) in [6.07, 6.45) is -66.8. The summed E-state index contributed by atoms with van der Waals surface area (Å²) in [5, 5.41) is 9.47.